The first-order valence-electron chi connectivity index (χ1n) is 10.9. The Morgan fingerprint density at radius 2 is 1.80 bits per heavy atom. The second kappa shape index (κ2) is 7.11. The normalized spacial score (nSPS) is 25.1. The molecule has 1 spiro atoms. The van der Waals surface area contributed by atoms with Crippen molar-refractivity contribution in [3.63, 3.8) is 0 Å². The van der Waals surface area contributed by atoms with Crippen LogP contribution in [0.15, 0.2) is 18.2 Å². The molecule has 2 aliphatic heterocycles. The summed E-state index contributed by atoms with van der Waals surface area (Å²) in [5, 5.41) is 3.59. The number of nitrogens with one attached hydrogen (secondary N) is 2. The number of anilines is 1. The minimum absolute atomic E-state index is 0.0672. The Morgan fingerprint density at radius 3 is 2.60 bits per heavy atom. The number of aryl methyl sites for hydroxylation is 2. The second-order valence-corrected chi connectivity index (χ2v) is 8.90. The number of benzene rings is 1. The lowest BCUT2D eigenvalue weighted by Crippen LogP contribution is -2.52. The summed E-state index contributed by atoms with van der Waals surface area (Å²) < 4.78 is 0. The minimum atomic E-state index is -0.884. The zero-order valence-corrected chi connectivity index (χ0v) is 16.9. The topological polar surface area (TPSA) is 98.8 Å². The van der Waals surface area contributed by atoms with E-state index in [1.165, 1.54) is 11.1 Å². The largest absolute Gasteiger partial charge is 0.344 e. The van der Waals surface area contributed by atoms with E-state index in [1.807, 2.05) is 12.1 Å². The van der Waals surface area contributed by atoms with Crippen molar-refractivity contribution in [3.05, 3.63) is 29.3 Å². The Labute approximate surface area is 174 Å². The summed E-state index contributed by atoms with van der Waals surface area (Å²) in [6.07, 6.45) is 7.27. The maximum absolute atomic E-state index is 12.9. The van der Waals surface area contributed by atoms with Crippen molar-refractivity contribution >= 4 is 29.4 Å². The van der Waals surface area contributed by atoms with Gasteiger partial charge in [0.2, 0.25) is 11.8 Å². The number of fused-ring (bicyclic) bond motifs is 1. The van der Waals surface area contributed by atoms with E-state index >= 15 is 0 Å². The van der Waals surface area contributed by atoms with Gasteiger partial charge in [-0.15, -0.1) is 0 Å². The molecule has 5 amide bonds. The van der Waals surface area contributed by atoms with Crippen LogP contribution < -0.4 is 15.6 Å². The highest BCUT2D eigenvalue weighted by Crippen LogP contribution is 2.34. The van der Waals surface area contributed by atoms with E-state index in [0.717, 1.165) is 49.2 Å². The summed E-state index contributed by atoms with van der Waals surface area (Å²) in [5.41, 5.74) is 5.01. The van der Waals surface area contributed by atoms with Crippen LogP contribution in [0.1, 0.15) is 56.1 Å². The highest BCUT2D eigenvalue weighted by molar-refractivity contribution is 6.08. The lowest BCUT2D eigenvalue weighted by atomic mass is 9.82. The zero-order chi connectivity index (χ0) is 20.9. The van der Waals surface area contributed by atoms with Crippen LogP contribution in [0, 0.1) is 5.92 Å². The molecule has 4 aliphatic rings. The monoisotopic (exact) mass is 410 g/mol. The van der Waals surface area contributed by atoms with Crippen LogP contribution in [0.5, 0.6) is 0 Å². The van der Waals surface area contributed by atoms with Gasteiger partial charge in [0.25, 0.3) is 5.91 Å². The molecular formula is C22H26N4O4. The molecule has 1 saturated carbocycles. The third-order valence-corrected chi connectivity index (χ3v) is 6.98. The molecule has 0 radical (unpaired) electrons. The Balaban J connectivity index is 1.26. The molecule has 0 aromatic heterocycles. The summed E-state index contributed by atoms with van der Waals surface area (Å²) >= 11 is 0. The maximum atomic E-state index is 12.9. The second-order valence-electron chi connectivity index (χ2n) is 8.90. The number of rotatable bonds is 3. The fourth-order valence-corrected chi connectivity index (χ4v) is 5.28. The number of hydrazine groups is 1. The van der Waals surface area contributed by atoms with Crippen molar-refractivity contribution in [2.45, 2.75) is 63.3 Å². The van der Waals surface area contributed by atoms with Crippen LogP contribution in [0.4, 0.5) is 10.5 Å². The summed E-state index contributed by atoms with van der Waals surface area (Å²) in [6, 6.07) is 5.46. The van der Waals surface area contributed by atoms with Crippen LogP contribution in [-0.4, -0.2) is 40.8 Å². The van der Waals surface area contributed by atoms with Gasteiger partial charge in [-0.25, -0.2) is 4.79 Å². The number of imide groups is 1. The molecule has 5 rings (SSSR count). The number of urea groups is 1. The molecule has 3 fully saturated rings. The molecule has 8 heteroatoms. The van der Waals surface area contributed by atoms with E-state index in [1.54, 1.807) is 4.90 Å². The predicted molar refractivity (Wildman–Crippen MR) is 108 cm³/mol. The van der Waals surface area contributed by atoms with Gasteiger partial charge in [0, 0.05) is 18.7 Å². The smallest absolute Gasteiger partial charge is 0.322 e. The molecule has 2 N–H and O–H groups in total. The molecule has 1 atom stereocenters. The van der Waals surface area contributed by atoms with Crippen molar-refractivity contribution in [2.75, 3.05) is 11.4 Å². The van der Waals surface area contributed by atoms with Crippen LogP contribution >= 0.6 is 0 Å². The van der Waals surface area contributed by atoms with Gasteiger partial charge in [0.05, 0.1) is 5.92 Å². The number of hydrogen-bond donors (Lipinski definition) is 2. The van der Waals surface area contributed by atoms with E-state index in [2.05, 4.69) is 16.8 Å². The quantitative estimate of drug-likeness (QED) is 0.743. The summed E-state index contributed by atoms with van der Waals surface area (Å²) in [5.74, 6) is -1.58. The molecular weight excluding hydrogens is 384 g/mol. The first-order chi connectivity index (χ1) is 14.5. The fraction of sp³-hybridized carbons (Fsp3) is 0.545. The van der Waals surface area contributed by atoms with E-state index in [0.29, 0.717) is 12.8 Å². The Morgan fingerprint density at radius 1 is 1.03 bits per heavy atom. The summed E-state index contributed by atoms with van der Waals surface area (Å²) in [7, 11) is 0. The first kappa shape index (κ1) is 19.1. The van der Waals surface area contributed by atoms with E-state index in [-0.39, 0.29) is 24.8 Å². The zero-order valence-electron chi connectivity index (χ0n) is 16.9. The van der Waals surface area contributed by atoms with Crippen molar-refractivity contribution in [3.8, 4) is 0 Å². The number of hydrogen-bond acceptors (Lipinski definition) is 4. The molecule has 1 aromatic rings. The first-order valence-corrected chi connectivity index (χ1v) is 10.9. The van der Waals surface area contributed by atoms with Gasteiger partial charge in [-0.1, -0.05) is 25.3 Å². The van der Waals surface area contributed by atoms with Crippen LogP contribution in [0.3, 0.4) is 0 Å². The maximum Gasteiger partial charge on any atom is 0.344 e. The average molecular weight is 410 g/mol. The van der Waals surface area contributed by atoms with Gasteiger partial charge in [-0.2, -0.15) is 5.01 Å². The third kappa shape index (κ3) is 3.05. The molecule has 158 valence electrons. The van der Waals surface area contributed by atoms with Gasteiger partial charge in [0.1, 0.15) is 5.54 Å². The lowest BCUT2D eigenvalue weighted by Gasteiger charge is -2.30. The Hall–Kier alpha value is -2.90. The van der Waals surface area contributed by atoms with Gasteiger partial charge in [0.15, 0.2) is 0 Å². The van der Waals surface area contributed by atoms with Gasteiger partial charge < -0.3 is 10.2 Å². The predicted octanol–water partition coefficient (Wildman–Crippen LogP) is 1.81. The van der Waals surface area contributed by atoms with Gasteiger partial charge >= 0.3 is 6.03 Å². The van der Waals surface area contributed by atoms with Crippen molar-refractivity contribution < 1.29 is 19.2 Å². The van der Waals surface area contributed by atoms with Crippen LogP contribution in [-0.2, 0) is 27.2 Å². The molecule has 2 heterocycles. The lowest BCUT2D eigenvalue weighted by molar-refractivity contribution is -0.141. The minimum Gasteiger partial charge on any atom is -0.322 e. The number of carbonyl (C=O) groups excluding carboxylic acids is 4. The molecule has 30 heavy (non-hydrogen) atoms. The molecule has 1 aromatic carbocycles. The van der Waals surface area contributed by atoms with Gasteiger partial charge in [-0.3, -0.25) is 19.8 Å². The molecule has 1 unspecified atom stereocenters. The molecule has 8 nitrogen and oxygen atoms in total. The van der Waals surface area contributed by atoms with Crippen molar-refractivity contribution in [1.29, 1.82) is 0 Å². The highest BCUT2D eigenvalue weighted by atomic mass is 16.2. The Kier molecular flexibility index (Phi) is 4.52. The fourth-order valence-electron chi connectivity index (χ4n) is 5.28. The SMILES string of the molecule is O=C(NN1C(=O)NC2(CCCCC2)C1=O)C1CC(=O)N(c2ccc3c(c2)CCC3)C1. The number of amides is 5. The molecule has 2 saturated heterocycles. The standard InChI is InChI=1S/C22H26N4O4/c27-18-12-16(13-25(18)17-8-7-14-5-4-6-15(14)11-17)19(28)24-26-20(29)22(23-21(26)30)9-2-1-3-10-22/h7-8,11,16H,1-6,9-10,12-13H2,(H,23,30)(H,24,28). The van der Waals surface area contributed by atoms with Crippen LogP contribution in [0.2, 0.25) is 0 Å². The summed E-state index contributed by atoms with van der Waals surface area (Å²) in [4.78, 5) is 52.3. The van der Waals surface area contributed by atoms with Crippen LogP contribution in [0.25, 0.3) is 0 Å². The average Bonchev–Trinajstić information content (AvgIpc) is 3.42. The molecule has 0 bridgehead atoms. The Bertz CT molecular complexity index is 937. The van der Waals surface area contributed by atoms with E-state index in [9.17, 15) is 19.2 Å². The van der Waals surface area contributed by atoms with E-state index < -0.39 is 23.4 Å². The van der Waals surface area contributed by atoms with Crippen molar-refractivity contribution in [1.82, 2.24) is 15.8 Å². The summed E-state index contributed by atoms with van der Waals surface area (Å²) in [6.45, 7) is 0.248. The highest BCUT2D eigenvalue weighted by Gasteiger charge is 2.52. The third-order valence-electron chi connectivity index (χ3n) is 6.98. The number of nitrogens with zero attached hydrogens (tertiary/aromatic N) is 2. The molecule has 2 aliphatic carbocycles. The number of carbonyl (C=O) groups is 4. The van der Waals surface area contributed by atoms with E-state index in [4.69, 9.17) is 0 Å². The van der Waals surface area contributed by atoms with Crippen molar-refractivity contribution in [2.24, 2.45) is 5.92 Å². The van der Waals surface area contributed by atoms with Gasteiger partial charge in [-0.05, 0) is 55.4 Å².